The summed E-state index contributed by atoms with van der Waals surface area (Å²) >= 11 is 0. The molecule has 1 aliphatic rings. The van der Waals surface area contributed by atoms with E-state index in [1.54, 1.807) is 0 Å². The molecule has 72 valence electrons. The van der Waals surface area contributed by atoms with Gasteiger partial charge in [0.05, 0.1) is 0 Å². The third kappa shape index (κ3) is 4.26. The molecular formula is C10H22OSi. The summed E-state index contributed by atoms with van der Waals surface area (Å²) in [6, 6.07) is 1.36. The van der Waals surface area contributed by atoms with Gasteiger partial charge in [-0.3, -0.25) is 0 Å². The standard InChI is InChI=1S/C10H22OSi/c1-9(2)8-12-11-10-6-4-3-5-7-10/h9-10H,3-8,12H2,1-2H3. The van der Waals surface area contributed by atoms with Crippen molar-refractivity contribution < 1.29 is 4.43 Å². The van der Waals surface area contributed by atoms with E-state index in [2.05, 4.69) is 13.8 Å². The molecule has 0 aromatic rings. The Labute approximate surface area is 78.8 Å². The van der Waals surface area contributed by atoms with Gasteiger partial charge in [-0.05, 0) is 24.8 Å². The molecule has 0 bridgehead atoms. The summed E-state index contributed by atoms with van der Waals surface area (Å²) in [5.41, 5.74) is 0. The van der Waals surface area contributed by atoms with Crippen molar-refractivity contribution in [3.05, 3.63) is 0 Å². The van der Waals surface area contributed by atoms with Crippen molar-refractivity contribution in [1.29, 1.82) is 0 Å². The van der Waals surface area contributed by atoms with Crippen LogP contribution in [-0.4, -0.2) is 15.9 Å². The molecule has 0 saturated heterocycles. The number of hydrogen-bond donors (Lipinski definition) is 0. The van der Waals surface area contributed by atoms with Gasteiger partial charge in [0.15, 0.2) is 9.76 Å². The normalized spacial score (nSPS) is 21.2. The second-order valence-electron chi connectivity index (χ2n) is 4.31. The lowest BCUT2D eigenvalue weighted by Crippen LogP contribution is -2.19. The summed E-state index contributed by atoms with van der Waals surface area (Å²) in [6.07, 6.45) is 7.58. The minimum Gasteiger partial charge on any atom is -0.421 e. The Morgan fingerprint density at radius 3 is 2.50 bits per heavy atom. The molecule has 1 nitrogen and oxygen atoms in total. The van der Waals surface area contributed by atoms with Crippen molar-refractivity contribution in [2.45, 2.75) is 58.1 Å². The Bertz CT molecular complexity index is 108. The van der Waals surface area contributed by atoms with Gasteiger partial charge < -0.3 is 4.43 Å². The van der Waals surface area contributed by atoms with Crippen molar-refractivity contribution in [3.8, 4) is 0 Å². The molecule has 0 N–H and O–H groups in total. The first kappa shape index (κ1) is 10.3. The van der Waals surface area contributed by atoms with Crippen LogP contribution in [0.2, 0.25) is 6.04 Å². The van der Waals surface area contributed by atoms with Crippen LogP contribution in [0.5, 0.6) is 0 Å². The van der Waals surface area contributed by atoms with Gasteiger partial charge in [-0.15, -0.1) is 0 Å². The highest BCUT2D eigenvalue weighted by Gasteiger charge is 2.12. The summed E-state index contributed by atoms with van der Waals surface area (Å²) in [7, 11) is -0.181. The fourth-order valence-electron chi connectivity index (χ4n) is 1.70. The first-order valence-corrected chi connectivity index (χ1v) is 6.98. The maximum absolute atomic E-state index is 5.93. The Morgan fingerprint density at radius 2 is 1.92 bits per heavy atom. The van der Waals surface area contributed by atoms with Crippen LogP contribution in [0.4, 0.5) is 0 Å². The Kier molecular flexibility index (Phi) is 4.92. The fourth-order valence-corrected chi connectivity index (χ4v) is 2.98. The minimum absolute atomic E-state index is 0.181. The predicted octanol–water partition coefficient (Wildman–Crippen LogP) is 2.49. The monoisotopic (exact) mass is 186 g/mol. The molecule has 1 rings (SSSR count). The maximum Gasteiger partial charge on any atom is 0.162 e. The number of rotatable bonds is 4. The zero-order valence-corrected chi connectivity index (χ0v) is 9.93. The van der Waals surface area contributed by atoms with Crippen LogP contribution in [0.1, 0.15) is 46.0 Å². The molecule has 0 unspecified atom stereocenters. The third-order valence-corrected chi connectivity index (χ3v) is 4.70. The van der Waals surface area contributed by atoms with E-state index in [1.807, 2.05) is 0 Å². The van der Waals surface area contributed by atoms with Gasteiger partial charge in [-0.25, -0.2) is 0 Å². The average molecular weight is 186 g/mol. The quantitative estimate of drug-likeness (QED) is 0.613. The van der Waals surface area contributed by atoms with E-state index in [9.17, 15) is 0 Å². The van der Waals surface area contributed by atoms with Gasteiger partial charge in [-0.1, -0.05) is 33.1 Å². The predicted molar refractivity (Wildman–Crippen MR) is 56.1 cm³/mol. The Hall–Kier alpha value is 0.177. The molecule has 0 spiro atoms. The molecular weight excluding hydrogens is 164 g/mol. The van der Waals surface area contributed by atoms with Crippen molar-refractivity contribution in [1.82, 2.24) is 0 Å². The van der Waals surface area contributed by atoms with Gasteiger partial charge >= 0.3 is 0 Å². The molecule has 1 aliphatic carbocycles. The van der Waals surface area contributed by atoms with Crippen LogP contribution >= 0.6 is 0 Å². The highest BCUT2D eigenvalue weighted by Crippen LogP contribution is 2.20. The fraction of sp³-hybridized carbons (Fsp3) is 1.00. The van der Waals surface area contributed by atoms with E-state index in [0.29, 0.717) is 6.10 Å². The molecule has 12 heavy (non-hydrogen) atoms. The number of hydrogen-bond acceptors (Lipinski definition) is 1. The zero-order chi connectivity index (χ0) is 8.81. The van der Waals surface area contributed by atoms with Crippen LogP contribution < -0.4 is 0 Å². The largest absolute Gasteiger partial charge is 0.421 e. The van der Waals surface area contributed by atoms with Crippen molar-refractivity contribution >= 4 is 9.76 Å². The van der Waals surface area contributed by atoms with E-state index < -0.39 is 0 Å². The van der Waals surface area contributed by atoms with E-state index in [4.69, 9.17) is 4.43 Å². The molecule has 0 heterocycles. The molecule has 0 aliphatic heterocycles. The van der Waals surface area contributed by atoms with Gasteiger partial charge in [0.2, 0.25) is 0 Å². The summed E-state index contributed by atoms with van der Waals surface area (Å²) in [4.78, 5) is 0. The highest BCUT2D eigenvalue weighted by atomic mass is 28.2. The third-order valence-electron chi connectivity index (χ3n) is 2.60. The molecule has 2 heteroatoms. The molecule has 0 atom stereocenters. The smallest absolute Gasteiger partial charge is 0.162 e. The van der Waals surface area contributed by atoms with E-state index in [-0.39, 0.29) is 9.76 Å². The molecule has 0 amide bonds. The molecule has 1 fully saturated rings. The summed E-state index contributed by atoms with van der Waals surface area (Å²) in [5, 5.41) is 0. The molecule has 0 aromatic carbocycles. The minimum atomic E-state index is -0.181. The van der Waals surface area contributed by atoms with Crippen LogP contribution in [0, 0.1) is 5.92 Å². The summed E-state index contributed by atoms with van der Waals surface area (Å²) < 4.78 is 5.93. The molecule has 0 aromatic heterocycles. The van der Waals surface area contributed by atoms with Gasteiger partial charge in [0.25, 0.3) is 0 Å². The van der Waals surface area contributed by atoms with Crippen molar-refractivity contribution in [3.63, 3.8) is 0 Å². The van der Waals surface area contributed by atoms with E-state index in [0.717, 1.165) is 5.92 Å². The molecule has 0 radical (unpaired) electrons. The summed E-state index contributed by atoms with van der Waals surface area (Å²) in [5.74, 6) is 0.847. The lowest BCUT2D eigenvalue weighted by molar-refractivity contribution is 0.161. The van der Waals surface area contributed by atoms with Gasteiger partial charge in [0, 0.05) is 6.10 Å². The van der Waals surface area contributed by atoms with Crippen molar-refractivity contribution in [2.75, 3.05) is 0 Å². The van der Waals surface area contributed by atoms with Crippen LogP contribution in [0.3, 0.4) is 0 Å². The first-order valence-electron chi connectivity index (χ1n) is 5.40. The van der Waals surface area contributed by atoms with Crippen LogP contribution in [0.15, 0.2) is 0 Å². The lowest BCUT2D eigenvalue weighted by atomic mass is 9.98. The average Bonchev–Trinajstić information content (AvgIpc) is 2.05. The van der Waals surface area contributed by atoms with E-state index >= 15 is 0 Å². The SMILES string of the molecule is CC(C)C[SiH2]OC1CCCCC1. The van der Waals surface area contributed by atoms with Crippen LogP contribution in [-0.2, 0) is 4.43 Å². The summed E-state index contributed by atoms with van der Waals surface area (Å²) in [6.45, 7) is 4.58. The maximum atomic E-state index is 5.93. The van der Waals surface area contributed by atoms with E-state index in [1.165, 1.54) is 38.1 Å². The first-order chi connectivity index (χ1) is 5.79. The topological polar surface area (TPSA) is 9.23 Å². The van der Waals surface area contributed by atoms with Crippen molar-refractivity contribution in [2.24, 2.45) is 5.92 Å². The molecule has 1 saturated carbocycles. The Balaban J connectivity index is 1.98. The van der Waals surface area contributed by atoms with Crippen LogP contribution in [0.25, 0.3) is 0 Å². The van der Waals surface area contributed by atoms with Gasteiger partial charge in [-0.2, -0.15) is 0 Å². The zero-order valence-electron chi connectivity index (χ0n) is 8.51. The van der Waals surface area contributed by atoms with Gasteiger partial charge in [0.1, 0.15) is 0 Å². The Morgan fingerprint density at radius 1 is 1.25 bits per heavy atom. The lowest BCUT2D eigenvalue weighted by Gasteiger charge is -2.22. The highest BCUT2D eigenvalue weighted by molar-refractivity contribution is 6.27. The second kappa shape index (κ2) is 5.76. The second-order valence-corrected chi connectivity index (χ2v) is 5.63.